The fourth-order valence-corrected chi connectivity index (χ4v) is 2.61. The molecule has 0 spiro atoms. The van der Waals surface area contributed by atoms with Gasteiger partial charge in [0, 0.05) is 6.42 Å². The second-order valence-electron chi connectivity index (χ2n) is 7.22. The molecule has 0 unspecified atom stereocenters. The van der Waals surface area contributed by atoms with E-state index in [1.807, 2.05) is 0 Å². The molecule has 32 heavy (non-hydrogen) atoms. The summed E-state index contributed by atoms with van der Waals surface area (Å²) >= 11 is 0. The van der Waals surface area contributed by atoms with Gasteiger partial charge in [0.2, 0.25) is 0 Å². The Labute approximate surface area is 181 Å². The van der Waals surface area contributed by atoms with Crippen LogP contribution in [0.15, 0.2) is 24.3 Å². The summed E-state index contributed by atoms with van der Waals surface area (Å²) in [4.78, 5) is 23.5. The van der Waals surface area contributed by atoms with Gasteiger partial charge in [-0.15, -0.1) is 0 Å². The maximum absolute atomic E-state index is 13.2. The van der Waals surface area contributed by atoms with Crippen LogP contribution in [0.2, 0.25) is 0 Å². The van der Waals surface area contributed by atoms with Gasteiger partial charge in [0.1, 0.15) is 5.75 Å². The molecule has 0 N–H and O–H groups in total. The van der Waals surface area contributed by atoms with E-state index >= 15 is 0 Å². The standard InChI is InChI=1S/C21H25F7O4/c1-2-3-4-5-6-7-8-9-17(29)32-16-12-10-15(11-13-16)18(30)31-14-19(22,23)20(24,25)21(26,27)28/h10-13H,2-9,14H2,1H3. The van der Waals surface area contributed by atoms with E-state index in [1.165, 1.54) is 6.42 Å². The van der Waals surface area contributed by atoms with Crippen LogP contribution in [0.3, 0.4) is 0 Å². The van der Waals surface area contributed by atoms with Crippen molar-refractivity contribution in [1.29, 1.82) is 0 Å². The molecule has 4 nitrogen and oxygen atoms in total. The Balaban J connectivity index is 2.48. The molecule has 0 radical (unpaired) electrons. The summed E-state index contributed by atoms with van der Waals surface area (Å²) in [6.07, 6.45) is 0.769. The third kappa shape index (κ3) is 8.31. The Kier molecular flexibility index (Phi) is 10.4. The number of halogens is 7. The molecule has 1 rings (SSSR count). The van der Waals surface area contributed by atoms with E-state index in [2.05, 4.69) is 11.7 Å². The van der Waals surface area contributed by atoms with Crippen molar-refractivity contribution in [3.63, 3.8) is 0 Å². The first-order chi connectivity index (χ1) is 14.8. The lowest BCUT2D eigenvalue weighted by Gasteiger charge is -2.27. The van der Waals surface area contributed by atoms with Gasteiger partial charge >= 0.3 is 30.0 Å². The molecule has 0 amide bonds. The average Bonchev–Trinajstić information content (AvgIpc) is 2.71. The quantitative estimate of drug-likeness (QED) is 0.138. The van der Waals surface area contributed by atoms with Crippen LogP contribution >= 0.6 is 0 Å². The number of hydrogen-bond donors (Lipinski definition) is 0. The van der Waals surface area contributed by atoms with Gasteiger partial charge in [-0.05, 0) is 30.7 Å². The molecule has 1 aromatic rings. The van der Waals surface area contributed by atoms with Crippen molar-refractivity contribution in [2.24, 2.45) is 0 Å². The minimum absolute atomic E-state index is 0.0448. The Hall–Kier alpha value is -2.33. The Morgan fingerprint density at radius 2 is 1.34 bits per heavy atom. The van der Waals surface area contributed by atoms with E-state index in [0.717, 1.165) is 56.4 Å². The lowest BCUT2D eigenvalue weighted by atomic mass is 10.1. The van der Waals surface area contributed by atoms with E-state index in [1.54, 1.807) is 0 Å². The maximum Gasteiger partial charge on any atom is 0.460 e. The van der Waals surface area contributed by atoms with E-state index < -0.39 is 42.1 Å². The summed E-state index contributed by atoms with van der Waals surface area (Å²) in [6.45, 7) is -0.350. The summed E-state index contributed by atoms with van der Waals surface area (Å²) in [5.41, 5.74) is -0.400. The molecule has 0 fully saturated rings. The molecule has 0 bridgehead atoms. The van der Waals surface area contributed by atoms with Gasteiger partial charge in [-0.1, -0.05) is 45.4 Å². The van der Waals surface area contributed by atoms with Gasteiger partial charge in [-0.2, -0.15) is 30.7 Å². The van der Waals surface area contributed by atoms with Gasteiger partial charge in [0.05, 0.1) is 5.56 Å². The average molecular weight is 474 g/mol. The lowest BCUT2D eigenvalue weighted by molar-refractivity contribution is -0.359. The zero-order valence-electron chi connectivity index (χ0n) is 17.5. The summed E-state index contributed by atoms with van der Waals surface area (Å²) < 4.78 is 97.2. The summed E-state index contributed by atoms with van der Waals surface area (Å²) in [6, 6.07) is 4.28. The van der Waals surface area contributed by atoms with Crippen molar-refractivity contribution in [3.8, 4) is 5.75 Å². The van der Waals surface area contributed by atoms with Crippen molar-refractivity contribution < 1.29 is 49.8 Å². The van der Waals surface area contributed by atoms with Gasteiger partial charge in [0.15, 0.2) is 6.61 Å². The molecule has 11 heteroatoms. The number of benzene rings is 1. The molecule has 0 atom stereocenters. The van der Waals surface area contributed by atoms with Crippen molar-refractivity contribution in [1.82, 2.24) is 0 Å². The van der Waals surface area contributed by atoms with Crippen LogP contribution in [-0.4, -0.2) is 36.6 Å². The zero-order valence-corrected chi connectivity index (χ0v) is 17.5. The van der Waals surface area contributed by atoms with E-state index in [0.29, 0.717) is 6.42 Å². The number of unbranched alkanes of at least 4 members (excludes halogenated alkanes) is 6. The minimum atomic E-state index is -6.51. The first-order valence-electron chi connectivity index (χ1n) is 10.1. The SMILES string of the molecule is CCCCCCCCCC(=O)Oc1ccc(C(=O)OCC(F)(F)C(F)(F)C(F)(F)F)cc1. The van der Waals surface area contributed by atoms with Crippen LogP contribution in [0.5, 0.6) is 5.75 Å². The predicted octanol–water partition coefficient (Wildman–Crippen LogP) is 6.72. The topological polar surface area (TPSA) is 52.6 Å². The number of carbonyl (C=O) groups is 2. The maximum atomic E-state index is 13.2. The van der Waals surface area contributed by atoms with Gasteiger partial charge < -0.3 is 9.47 Å². The van der Waals surface area contributed by atoms with Crippen molar-refractivity contribution in [2.75, 3.05) is 6.61 Å². The van der Waals surface area contributed by atoms with Gasteiger partial charge in [0.25, 0.3) is 0 Å². The molecule has 0 saturated carbocycles. The van der Waals surface area contributed by atoms with E-state index in [4.69, 9.17) is 4.74 Å². The molecule has 0 aromatic heterocycles. The van der Waals surface area contributed by atoms with Gasteiger partial charge in [-0.25, -0.2) is 4.79 Å². The molecule has 0 aliphatic rings. The number of hydrogen-bond acceptors (Lipinski definition) is 4. The number of alkyl halides is 7. The zero-order chi connectivity index (χ0) is 24.4. The van der Waals surface area contributed by atoms with Crippen LogP contribution in [-0.2, 0) is 9.53 Å². The van der Waals surface area contributed by atoms with Crippen LogP contribution in [0, 0.1) is 0 Å². The van der Waals surface area contributed by atoms with Crippen molar-refractivity contribution >= 4 is 11.9 Å². The van der Waals surface area contributed by atoms with Crippen LogP contribution in [0.1, 0.15) is 68.6 Å². The normalized spacial score (nSPS) is 12.5. The van der Waals surface area contributed by atoms with E-state index in [9.17, 15) is 40.3 Å². The fourth-order valence-electron chi connectivity index (χ4n) is 2.61. The molecule has 182 valence electrons. The third-order valence-electron chi connectivity index (χ3n) is 4.51. The van der Waals surface area contributed by atoms with Crippen LogP contribution < -0.4 is 4.74 Å². The fraction of sp³-hybridized carbons (Fsp3) is 0.619. The Bertz CT molecular complexity index is 731. The Morgan fingerprint density at radius 3 is 1.88 bits per heavy atom. The molecule has 0 saturated heterocycles. The highest BCUT2D eigenvalue weighted by molar-refractivity contribution is 5.89. The second kappa shape index (κ2) is 12.1. The first kappa shape index (κ1) is 27.7. The minimum Gasteiger partial charge on any atom is -0.455 e. The van der Waals surface area contributed by atoms with Gasteiger partial charge in [-0.3, -0.25) is 4.79 Å². The first-order valence-corrected chi connectivity index (χ1v) is 10.1. The monoisotopic (exact) mass is 474 g/mol. The molecular formula is C21H25F7O4. The second-order valence-corrected chi connectivity index (χ2v) is 7.22. The predicted molar refractivity (Wildman–Crippen MR) is 101 cm³/mol. The van der Waals surface area contributed by atoms with Crippen LogP contribution in [0.25, 0.3) is 0 Å². The number of ether oxygens (including phenoxy) is 2. The highest BCUT2D eigenvalue weighted by Gasteiger charge is 2.73. The number of rotatable bonds is 13. The smallest absolute Gasteiger partial charge is 0.455 e. The lowest BCUT2D eigenvalue weighted by Crippen LogP contribution is -2.54. The molecule has 1 aromatic carbocycles. The molecule has 0 heterocycles. The summed E-state index contributed by atoms with van der Waals surface area (Å²) in [7, 11) is 0. The third-order valence-corrected chi connectivity index (χ3v) is 4.51. The van der Waals surface area contributed by atoms with Crippen molar-refractivity contribution in [3.05, 3.63) is 29.8 Å². The molecule has 0 aliphatic carbocycles. The van der Waals surface area contributed by atoms with Crippen molar-refractivity contribution in [2.45, 2.75) is 76.3 Å². The highest BCUT2D eigenvalue weighted by Crippen LogP contribution is 2.46. The Morgan fingerprint density at radius 1 is 0.812 bits per heavy atom. The number of esters is 2. The largest absolute Gasteiger partial charge is 0.460 e. The van der Waals surface area contributed by atoms with Crippen LogP contribution in [0.4, 0.5) is 30.7 Å². The summed E-state index contributed by atoms with van der Waals surface area (Å²) in [5.74, 6) is -14.0. The molecule has 0 aliphatic heterocycles. The highest BCUT2D eigenvalue weighted by atomic mass is 19.4. The number of carbonyl (C=O) groups excluding carboxylic acids is 2. The summed E-state index contributed by atoms with van der Waals surface area (Å²) in [5, 5.41) is 0. The van der Waals surface area contributed by atoms with E-state index in [-0.39, 0.29) is 12.2 Å². The molecular weight excluding hydrogens is 449 g/mol.